The van der Waals surface area contributed by atoms with Crippen molar-refractivity contribution in [3.63, 3.8) is 0 Å². The maximum Gasteiger partial charge on any atom is 0.165 e. The van der Waals surface area contributed by atoms with E-state index >= 15 is 0 Å². The first-order valence-electron chi connectivity index (χ1n) is 4.38. The van der Waals surface area contributed by atoms with Crippen molar-refractivity contribution in [2.24, 2.45) is 10.7 Å². The molecule has 1 atom stereocenters. The Morgan fingerprint density at radius 3 is 3.00 bits per heavy atom. The lowest BCUT2D eigenvalue weighted by atomic mass is 10.2. The number of hydrogen-bond donors (Lipinski definition) is 1. The quantitative estimate of drug-likeness (QED) is 0.395. The molecule has 72 valence electrons. The number of ether oxygens (including phenoxy) is 1. The number of hydrogen-bond acceptors (Lipinski definition) is 4. The molecule has 1 heterocycles. The Labute approximate surface area is 77.5 Å². The monoisotopic (exact) mass is 182 g/mol. The third-order valence-electron chi connectivity index (χ3n) is 1.81. The zero-order valence-electron chi connectivity index (χ0n) is 7.48. The van der Waals surface area contributed by atoms with Gasteiger partial charge in [0, 0.05) is 12.8 Å². The summed E-state index contributed by atoms with van der Waals surface area (Å²) < 4.78 is 5.34. The van der Waals surface area contributed by atoms with Gasteiger partial charge in [0.2, 0.25) is 0 Å². The number of carbonyl (C=O) groups excluding carboxylic acids is 1. The average molecular weight is 182 g/mol. The molecule has 0 aromatic heterocycles. The van der Waals surface area contributed by atoms with Gasteiger partial charge >= 0.3 is 0 Å². The molecule has 0 aliphatic carbocycles. The summed E-state index contributed by atoms with van der Waals surface area (Å²) in [5.41, 5.74) is 5.43. The number of nitrogens with two attached hydrogens (primary N) is 1. The average Bonchev–Trinajstić information content (AvgIpc) is 2.19. The first-order chi connectivity index (χ1) is 6.33. The molecule has 0 radical (unpaired) electrons. The minimum Gasteiger partial charge on any atom is -0.396 e. The maximum atomic E-state index is 10.1. The summed E-state index contributed by atoms with van der Waals surface area (Å²) in [6.45, 7) is 0.773. The third-order valence-corrected chi connectivity index (χ3v) is 1.81. The highest BCUT2D eigenvalue weighted by Gasteiger charge is 2.10. The van der Waals surface area contributed by atoms with Crippen molar-refractivity contribution in [1.29, 1.82) is 0 Å². The van der Waals surface area contributed by atoms with E-state index in [1.165, 1.54) is 12.3 Å². The number of aldehydes is 1. The van der Waals surface area contributed by atoms with Crippen LogP contribution in [-0.4, -0.2) is 25.3 Å². The first kappa shape index (κ1) is 9.92. The van der Waals surface area contributed by atoms with E-state index in [4.69, 9.17) is 10.5 Å². The number of rotatable bonds is 3. The molecule has 2 N–H and O–H groups in total. The van der Waals surface area contributed by atoms with Gasteiger partial charge in [-0.05, 0) is 25.3 Å². The van der Waals surface area contributed by atoms with Gasteiger partial charge in [0.15, 0.2) is 6.29 Å². The van der Waals surface area contributed by atoms with Crippen LogP contribution >= 0.6 is 0 Å². The minimum atomic E-state index is -0.0514. The fraction of sp³-hybridized carbons (Fsp3) is 0.556. The van der Waals surface area contributed by atoms with Crippen LogP contribution in [0.1, 0.15) is 19.3 Å². The molecule has 0 spiro atoms. The zero-order chi connectivity index (χ0) is 9.52. The summed E-state index contributed by atoms with van der Waals surface area (Å²) in [5, 5.41) is 0. The van der Waals surface area contributed by atoms with Crippen molar-refractivity contribution in [2.45, 2.75) is 25.5 Å². The second kappa shape index (κ2) is 5.48. The molecule has 1 unspecified atom stereocenters. The van der Waals surface area contributed by atoms with Crippen molar-refractivity contribution in [3.8, 4) is 0 Å². The van der Waals surface area contributed by atoms with Crippen LogP contribution < -0.4 is 5.73 Å². The summed E-state index contributed by atoms with van der Waals surface area (Å²) >= 11 is 0. The molecule has 4 heteroatoms. The molecule has 0 amide bonds. The predicted molar refractivity (Wildman–Crippen MR) is 50.4 cm³/mol. The molecule has 1 rings (SSSR count). The van der Waals surface area contributed by atoms with Gasteiger partial charge in [0.1, 0.15) is 6.23 Å². The van der Waals surface area contributed by atoms with Crippen molar-refractivity contribution in [1.82, 2.24) is 0 Å². The maximum absolute atomic E-state index is 10.1. The van der Waals surface area contributed by atoms with Gasteiger partial charge in [0.05, 0.1) is 5.70 Å². The van der Waals surface area contributed by atoms with E-state index in [2.05, 4.69) is 4.99 Å². The third kappa shape index (κ3) is 3.85. The van der Waals surface area contributed by atoms with Crippen LogP contribution in [0.5, 0.6) is 0 Å². The Morgan fingerprint density at radius 1 is 1.54 bits per heavy atom. The van der Waals surface area contributed by atoms with Crippen LogP contribution in [0.25, 0.3) is 0 Å². The van der Waals surface area contributed by atoms with Gasteiger partial charge in [-0.2, -0.15) is 0 Å². The van der Waals surface area contributed by atoms with Gasteiger partial charge in [-0.1, -0.05) is 0 Å². The summed E-state index contributed by atoms with van der Waals surface area (Å²) in [6, 6.07) is 0. The van der Waals surface area contributed by atoms with Crippen molar-refractivity contribution >= 4 is 12.5 Å². The highest BCUT2D eigenvalue weighted by molar-refractivity contribution is 5.82. The van der Waals surface area contributed by atoms with Crippen LogP contribution in [0.15, 0.2) is 16.8 Å². The normalized spacial score (nSPS) is 24.9. The Bertz CT molecular complexity index is 218. The summed E-state index contributed by atoms with van der Waals surface area (Å²) in [6.07, 6.45) is 6.75. The molecule has 0 aromatic carbocycles. The Morgan fingerprint density at radius 2 is 2.38 bits per heavy atom. The largest absolute Gasteiger partial charge is 0.396 e. The van der Waals surface area contributed by atoms with E-state index in [9.17, 15) is 4.79 Å². The summed E-state index contributed by atoms with van der Waals surface area (Å²) in [4.78, 5) is 14.2. The van der Waals surface area contributed by atoms with Gasteiger partial charge in [-0.25, -0.2) is 0 Å². The lowest BCUT2D eigenvalue weighted by molar-refractivity contribution is -0.104. The number of allylic oxidation sites excluding steroid dienone is 2. The summed E-state index contributed by atoms with van der Waals surface area (Å²) in [7, 11) is 0. The van der Waals surface area contributed by atoms with Crippen molar-refractivity contribution in [2.75, 3.05) is 6.61 Å². The van der Waals surface area contributed by atoms with Gasteiger partial charge in [0.25, 0.3) is 0 Å². The fourth-order valence-corrected chi connectivity index (χ4v) is 1.11. The molecular formula is C9H14N2O2. The summed E-state index contributed by atoms with van der Waals surface area (Å²) in [5.74, 6) is 0. The van der Waals surface area contributed by atoms with Crippen LogP contribution in [0, 0.1) is 0 Å². The smallest absolute Gasteiger partial charge is 0.165 e. The predicted octanol–water partition coefficient (Wildman–Crippen LogP) is 0.625. The van der Waals surface area contributed by atoms with E-state index in [-0.39, 0.29) is 11.9 Å². The van der Waals surface area contributed by atoms with Crippen molar-refractivity contribution in [3.05, 3.63) is 11.8 Å². The van der Waals surface area contributed by atoms with Crippen LogP contribution in [-0.2, 0) is 9.53 Å². The van der Waals surface area contributed by atoms with E-state index in [1.54, 1.807) is 0 Å². The number of nitrogens with zero attached hydrogens (tertiary/aromatic N) is 1. The lowest BCUT2D eigenvalue weighted by Crippen LogP contribution is -2.16. The van der Waals surface area contributed by atoms with Gasteiger partial charge < -0.3 is 10.5 Å². The minimum absolute atomic E-state index is 0.0514. The van der Waals surface area contributed by atoms with Gasteiger partial charge in [-0.3, -0.25) is 9.79 Å². The number of carbonyl (C=O) groups is 1. The molecule has 0 saturated carbocycles. The van der Waals surface area contributed by atoms with Crippen molar-refractivity contribution < 1.29 is 9.53 Å². The molecular weight excluding hydrogens is 168 g/mol. The van der Waals surface area contributed by atoms with E-state index in [1.807, 2.05) is 0 Å². The molecule has 1 aliphatic rings. The van der Waals surface area contributed by atoms with E-state index in [0.717, 1.165) is 25.9 Å². The number of aliphatic imine (C=N–C) groups is 1. The Kier molecular flexibility index (Phi) is 4.18. The molecule has 0 aromatic rings. The zero-order valence-corrected chi connectivity index (χ0v) is 7.48. The molecule has 1 fully saturated rings. The first-order valence-corrected chi connectivity index (χ1v) is 4.38. The standard InChI is InChI=1S/C9H14N2O2/c10-8(7-12)4-5-11-9-3-1-2-6-13-9/h4-5,7,9H,1-3,6,10H2. The van der Waals surface area contributed by atoms with Crippen LogP contribution in [0.2, 0.25) is 0 Å². The molecule has 1 saturated heterocycles. The van der Waals surface area contributed by atoms with E-state index < -0.39 is 0 Å². The van der Waals surface area contributed by atoms with E-state index in [0.29, 0.717) is 6.29 Å². The fourth-order valence-electron chi connectivity index (χ4n) is 1.11. The SMILES string of the molecule is NC(C=O)=CC=NC1CCCCO1. The molecule has 4 nitrogen and oxygen atoms in total. The van der Waals surface area contributed by atoms with Crippen LogP contribution in [0.3, 0.4) is 0 Å². The molecule has 0 bridgehead atoms. The highest BCUT2D eigenvalue weighted by Crippen LogP contribution is 2.12. The van der Waals surface area contributed by atoms with Crippen LogP contribution in [0.4, 0.5) is 0 Å². The molecule has 13 heavy (non-hydrogen) atoms. The van der Waals surface area contributed by atoms with Gasteiger partial charge in [-0.15, -0.1) is 0 Å². The molecule has 1 aliphatic heterocycles. The lowest BCUT2D eigenvalue weighted by Gasteiger charge is -2.17. The second-order valence-electron chi connectivity index (χ2n) is 2.90. The highest BCUT2D eigenvalue weighted by atomic mass is 16.5. The Hall–Kier alpha value is -1.16. The topological polar surface area (TPSA) is 64.7 Å². The Balaban J connectivity index is 2.33. The second-order valence-corrected chi connectivity index (χ2v) is 2.90.